The molecule has 2 N–H and O–H groups in total. The summed E-state index contributed by atoms with van der Waals surface area (Å²) in [6.07, 6.45) is 0. The minimum absolute atomic E-state index is 0.203. The molecule has 0 bridgehead atoms. The van der Waals surface area contributed by atoms with E-state index in [2.05, 4.69) is 10.1 Å². The highest BCUT2D eigenvalue weighted by Gasteiger charge is 2.12. The highest BCUT2D eigenvalue weighted by atomic mass is 16.5. The molecule has 2 aromatic carbocycles. The van der Waals surface area contributed by atoms with Gasteiger partial charge in [-0.1, -0.05) is 17.3 Å². The maximum absolute atomic E-state index is 9.50. The van der Waals surface area contributed by atoms with Gasteiger partial charge in [0.2, 0.25) is 5.82 Å². The zero-order valence-corrected chi connectivity index (χ0v) is 11.1. The van der Waals surface area contributed by atoms with Crippen molar-refractivity contribution >= 4 is 0 Å². The van der Waals surface area contributed by atoms with Crippen molar-refractivity contribution < 1.29 is 19.5 Å². The fourth-order valence-electron chi connectivity index (χ4n) is 1.88. The predicted octanol–water partition coefficient (Wildman–Crippen LogP) is 2.82. The van der Waals surface area contributed by atoms with Crippen LogP contribution in [0.3, 0.4) is 0 Å². The van der Waals surface area contributed by atoms with E-state index in [1.165, 1.54) is 12.1 Å². The monoisotopic (exact) mass is 284 g/mol. The number of phenolic OH excluding ortho intramolecular Hbond substituents is 2. The van der Waals surface area contributed by atoms with E-state index in [0.717, 1.165) is 5.56 Å². The van der Waals surface area contributed by atoms with Crippen LogP contribution in [0.1, 0.15) is 0 Å². The summed E-state index contributed by atoms with van der Waals surface area (Å²) in [6.45, 7) is 0. The summed E-state index contributed by atoms with van der Waals surface area (Å²) in [6, 6.07) is 11.6. The lowest BCUT2D eigenvalue weighted by atomic mass is 10.2. The van der Waals surface area contributed by atoms with Crippen LogP contribution in [0.4, 0.5) is 0 Å². The SMILES string of the molecule is COc1cccc(-c2noc(-c3ccc(O)c(O)c3)n2)c1. The minimum atomic E-state index is -0.242. The summed E-state index contributed by atoms with van der Waals surface area (Å²) >= 11 is 0. The molecule has 1 heterocycles. The molecule has 21 heavy (non-hydrogen) atoms. The molecule has 6 heteroatoms. The van der Waals surface area contributed by atoms with Crippen LogP contribution in [0.5, 0.6) is 17.2 Å². The Hall–Kier alpha value is -3.02. The summed E-state index contributed by atoms with van der Waals surface area (Å²) in [5, 5.41) is 22.7. The molecule has 1 aromatic heterocycles. The molecule has 0 spiro atoms. The number of methoxy groups -OCH3 is 1. The van der Waals surface area contributed by atoms with Gasteiger partial charge in [0.15, 0.2) is 11.5 Å². The lowest BCUT2D eigenvalue weighted by Gasteiger charge is -2.00. The Morgan fingerprint density at radius 2 is 1.86 bits per heavy atom. The molecule has 0 unspecified atom stereocenters. The van der Waals surface area contributed by atoms with Crippen molar-refractivity contribution in [3.8, 4) is 40.1 Å². The van der Waals surface area contributed by atoms with Crippen LogP contribution in [0.2, 0.25) is 0 Å². The van der Waals surface area contributed by atoms with E-state index in [-0.39, 0.29) is 17.4 Å². The van der Waals surface area contributed by atoms with Crippen LogP contribution in [0, 0.1) is 0 Å². The Labute approximate surface area is 120 Å². The third-order valence-electron chi connectivity index (χ3n) is 2.98. The van der Waals surface area contributed by atoms with Crippen molar-refractivity contribution in [2.24, 2.45) is 0 Å². The summed E-state index contributed by atoms with van der Waals surface area (Å²) in [5.74, 6) is 0.917. The van der Waals surface area contributed by atoms with E-state index in [1.807, 2.05) is 18.2 Å². The lowest BCUT2D eigenvalue weighted by molar-refractivity contribution is 0.402. The molecule has 0 fully saturated rings. The molecule has 0 saturated carbocycles. The molecular formula is C15H12N2O4. The molecule has 0 aliphatic rings. The van der Waals surface area contributed by atoms with Crippen molar-refractivity contribution in [3.05, 3.63) is 42.5 Å². The van der Waals surface area contributed by atoms with Crippen LogP contribution >= 0.6 is 0 Å². The van der Waals surface area contributed by atoms with Crippen molar-refractivity contribution in [2.75, 3.05) is 7.11 Å². The maximum Gasteiger partial charge on any atom is 0.258 e. The number of hydrogen-bond donors (Lipinski definition) is 2. The Balaban J connectivity index is 1.97. The summed E-state index contributed by atoms with van der Waals surface area (Å²) in [4.78, 5) is 4.27. The third-order valence-corrected chi connectivity index (χ3v) is 2.98. The van der Waals surface area contributed by atoms with Gasteiger partial charge in [-0.3, -0.25) is 0 Å². The summed E-state index contributed by atoms with van der Waals surface area (Å²) < 4.78 is 10.3. The van der Waals surface area contributed by atoms with E-state index in [9.17, 15) is 10.2 Å². The maximum atomic E-state index is 9.50. The molecule has 0 atom stereocenters. The highest BCUT2D eigenvalue weighted by Crippen LogP contribution is 2.31. The Kier molecular flexibility index (Phi) is 3.19. The molecule has 0 radical (unpaired) electrons. The molecular weight excluding hydrogens is 272 g/mol. The number of rotatable bonds is 3. The van der Waals surface area contributed by atoms with Gasteiger partial charge in [0, 0.05) is 11.1 Å². The number of aromatic nitrogens is 2. The smallest absolute Gasteiger partial charge is 0.258 e. The van der Waals surface area contributed by atoms with Crippen molar-refractivity contribution in [2.45, 2.75) is 0 Å². The number of hydrogen-bond acceptors (Lipinski definition) is 6. The average molecular weight is 284 g/mol. The third kappa shape index (κ3) is 2.51. The van der Waals surface area contributed by atoms with Crippen LogP contribution in [-0.4, -0.2) is 27.5 Å². The first-order chi connectivity index (χ1) is 10.2. The first-order valence-electron chi connectivity index (χ1n) is 6.18. The second kappa shape index (κ2) is 5.16. The van der Waals surface area contributed by atoms with Crippen LogP contribution < -0.4 is 4.74 Å². The number of aromatic hydroxyl groups is 2. The van der Waals surface area contributed by atoms with Crippen molar-refractivity contribution in [1.29, 1.82) is 0 Å². The van der Waals surface area contributed by atoms with E-state index in [4.69, 9.17) is 9.26 Å². The fraction of sp³-hybridized carbons (Fsp3) is 0.0667. The second-order valence-corrected chi connectivity index (χ2v) is 4.36. The Bertz CT molecular complexity index is 783. The quantitative estimate of drug-likeness (QED) is 0.719. The van der Waals surface area contributed by atoms with E-state index >= 15 is 0 Å². The molecule has 0 saturated heterocycles. The first-order valence-corrected chi connectivity index (χ1v) is 6.18. The van der Waals surface area contributed by atoms with Crippen molar-refractivity contribution in [1.82, 2.24) is 10.1 Å². The van der Waals surface area contributed by atoms with Gasteiger partial charge >= 0.3 is 0 Å². The summed E-state index contributed by atoms with van der Waals surface area (Å²) in [5.41, 5.74) is 1.28. The van der Waals surface area contributed by atoms with Crippen molar-refractivity contribution in [3.63, 3.8) is 0 Å². The van der Waals surface area contributed by atoms with Crippen LogP contribution in [0.15, 0.2) is 47.0 Å². The van der Waals surface area contributed by atoms with Crippen LogP contribution in [0.25, 0.3) is 22.8 Å². The van der Waals surface area contributed by atoms with Gasteiger partial charge in [-0.15, -0.1) is 0 Å². The molecule has 6 nitrogen and oxygen atoms in total. The largest absolute Gasteiger partial charge is 0.504 e. The van der Waals surface area contributed by atoms with E-state index < -0.39 is 0 Å². The zero-order chi connectivity index (χ0) is 14.8. The van der Waals surface area contributed by atoms with E-state index in [0.29, 0.717) is 17.1 Å². The number of ether oxygens (including phenoxy) is 1. The molecule has 3 aromatic rings. The number of nitrogens with zero attached hydrogens (tertiary/aromatic N) is 2. The molecule has 0 aliphatic carbocycles. The molecule has 106 valence electrons. The minimum Gasteiger partial charge on any atom is -0.504 e. The highest BCUT2D eigenvalue weighted by molar-refractivity contribution is 5.63. The van der Waals surface area contributed by atoms with Gasteiger partial charge in [0.25, 0.3) is 5.89 Å². The number of benzene rings is 2. The van der Waals surface area contributed by atoms with Gasteiger partial charge < -0.3 is 19.5 Å². The second-order valence-electron chi connectivity index (χ2n) is 4.36. The van der Waals surface area contributed by atoms with Gasteiger partial charge in [0.1, 0.15) is 5.75 Å². The standard InChI is InChI=1S/C15H12N2O4/c1-20-11-4-2-3-9(7-11)14-16-15(21-17-14)10-5-6-12(18)13(19)8-10/h2-8,18-19H,1H3. The van der Waals surface area contributed by atoms with Gasteiger partial charge in [-0.2, -0.15) is 4.98 Å². The first kappa shape index (κ1) is 13.0. The average Bonchev–Trinajstić information content (AvgIpc) is 3.00. The Morgan fingerprint density at radius 1 is 1.00 bits per heavy atom. The van der Waals surface area contributed by atoms with Gasteiger partial charge in [-0.25, -0.2) is 0 Å². The molecule has 3 rings (SSSR count). The number of phenols is 2. The predicted molar refractivity (Wildman–Crippen MR) is 75.1 cm³/mol. The fourth-order valence-corrected chi connectivity index (χ4v) is 1.88. The normalized spacial score (nSPS) is 10.5. The molecule has 0 amide bonds. The van der Waals surface area contributed by atoms with Gasteiger partial charge in [-0.05, 0) is 30.3 Å². The summed E-state index contributed by atoms with van der Waals surface area (Å²) in [7, 11) is 1.58. The van der Waals surface area contributed by atoms with Crippen LogP contribution in [-0.2, 0) is 0 Å². The zero-order valence-electron chi connectivity index (χ0n) is 11.1. The molecule has 0 aliphatic heterocycles. The van der Waals surface area contributed by atoms with Gasteiger partial charge in [0.05, 0.1) is 7.11 Å². The topological polar surface area (TPSA) is 88.6 Å². The Morgan fingerprint density at radius 3 is 2.62 bits per heavy atom. The van der Waals surface area contributed by atoms with E-state index in [1.54, 1.807) is 19.2 Å². The lowest BCUT2D eigenvalue weighted by Crippen LogP contribution is -1.85.